The smallest absolute Gasteiger partial charge is 0.241 e. The molecule has 2 heterocycles. The SMILES string of the molecule is Cc1cccc(-c2noc(CN3CCC(C(=O)Nc4ccc(CSc5ccccc5)cc4)CC3)n2)c1. The molecule has 7 heteroatoms. The Morgan fingerprint density at radius 1 is 1.03 bits per heavy atom. The molecular formula is C29H30N4O2S. The van der Waals surface area contributed by atoms with Crippen molar-refractivity contribution in [2.45, 2.75) is 37.0 Å². The predicted octanol–water partition coefficient (Wildman–Crippen LogP) is 6.19. The first-order valence-electron chi connectivity index (χ1n) is 12.3. The van der Waals surface area contributed by atoms with Crippen molar-refractivity contribution in [1.82, 2.24) is 15.0 Å². The van der Waals surface area contributed by atoms with Crippen LogP contribution in [0.2, 0.25) is 0 Å². The van der Waals surface area contributed by atoms with Crippen molar-refractivity contribution in [2.24, 2.45) is 5.92 Å². The number of nitrogens with one attached hydrogen (secondary N) is 1. The lowest BCUT2D eigenvalue weighted by Crippen LogP contribution is -2.37. The minimum absolute atomic E-state index is 0.0140. The van der Waals surface area contributed by atoms with Gasteiger partial charge in [0.25, 0.3) is 0 Å². The van der Waals surface area contributed by atoms with Crippen molar-refractivity contribution in [2.75, 3.05) is 18.4 Å². The molecule has 3 aromatic carbocycles. The van der Waals surface area contributed by atoms with Gasteiger partial charge >= 0.3 is 0 Å². The van der Waals surface area contributed by atoms with Gasteiger partial charge < -0.3 is 9.84 Å². The Balaban J connectivity index is 1.07. The molecule has 0 unspecified atom stereocenters. The zero-order valence-corrected chi connectivity index (χ0v) is 21.2. The second-order valence-electron chi connectivity index (χ2n) is 9.22. The average Bonchev–Trinajstić information content (AvgIpc) is 3.38. The van der Waals surface area contributed by atoms with E-state index in [1.165, 1.54) is 10.5 Å². The van der Waals surface area contributed by atoms with Crippen LogP contribution in [0, 0.1) is 12.8 Å². The molecule has 1 saturated heterocycles. The molecule has 5 rings (SSSR count). The first-order chi connectivity index (χ1) is 17.6. The number of hydrogen-bond donors (Lipinski definition) is 1. The van der Waals surface area contributed by atoms with E-state index >= 15 is 0 Å². The van der Waals surface area contributed by atoms with Crippen LogP contribution in [0.15, 0.2) is 88.3 Å². The monoisotopic (exact) mass is 498 g/mol. The fourth-order valence-corrected chi connectivity index (χ4v) is 5.25. The number of anilines is 1. The van der Waals surface area contributed by atoms with Crippen LogP contribution in [-0.4, -0.2) is 34.0 Å². The van der Waals surface area contributed by atoms with Gasteiger partial charge in [-0.1, -0.05) is 59.3 Å². The molecule has 0 aliphatic carbocycles. The average molecular weight is 499 g/mol. The number of rotatable bonds is 8. The van der Waals surface area contributed by atoms with E-state index in [1.807, 2.05) is 55.1 Å². The van der Waals surface area contributed by atoms with Gasteiger partial charge in [-0.15, -0.1) is 11.8 Å². The molecule has 0 saturated carbocycles. The molecule has 1 amide bonds. The maximum absolute atomic E-state index is 12.8. The standard InChI is InChI=1S/C29H30N4O2S/c1-21-6-5-7-24(18-21)28-31-27(35-32-28)19-33-16-14-23(15-17-33)29(34)30-25-12-10-22(11-13-25)20-36-26-8-3-2-4-9-26/h2-13,18,23H,14-17,19-20H2,1H3,(H,30,34). The van der Waals surface area contributed by atoms with E-state index in [0.29, 0.717) is 18.3 Å². The zero-order chi connectivity index (χ0) is 24.7. The first-order valence-corrected chi connectivity index (χ1v) is 13.3. The maximum Gasteiger partial charge on any atom is 0.241 e. The van der Waals surface area contributed by atoms with E-state index in [9.17, 15) is 4.79 Å². The van der Waals surface area contributed by atoms with E-state index in [1.54, 1.807) is 0 Å². The summed E-state index contributed by atoms with van der Waals surface area (Å²) in [6.07, 6.45) is 1.63. The Hall–Kier alpha value is -3.42. The third kappa shape index (κ3) is 6.42. The van der Waals surface area contributed by atoms with Crippen LogP contribution >= 0.6 is 11.8 Å². The van der Waals surface area contributed by atoms with Crippen molar-refractivity contribution < 1.29 is 9.32 Å². The number of likely N-dealkylation sites (tertiary alicyclic amines) is 1. The largest absolute Gasteiger partial charge is 0.338 e. The van der Waals surface area contributed by atoms with Gasteiger partial charge in [-0.25, -0.2) is 0 Å². The highest BCUT2D eigenvalue weighted by Crippen LogP contribution is 2.25. The van der Waals surface area contributed by atoms with Crippen LogP contribution in [0.5, 0.6) is 0 Å². The number of carbonyl (C=O) groups excluding carboxylic acids is 1. The lowest BCUT2D eigenvalue weighted by atomic mass is 9.96. The number of piperidine rings is 1. The predicted molar refractivity (Wildman–Crippen MR) is 144 cm³/mol. The summed E-state index contributed by atoms with van der Waals surface area (Å²) in [5.74, 6) is 2.25. The zero-order valence-electron chi connectivity index (χ0n) is 20.4. The van der Waals surface area contributed by atoms with Gasteiger partial charge in [-0.3, -0.25) is 9.69 Å². The number of hydrogen-bond acceptors (Lipinski definition) is 6. The summed E-state index contributed by atoms with van der Waals surface area (Å²) in [5.41, 5.74) is 4.22. The third-order valence-corrected chi connectivity index (χ3v) is 7.51. The molecule has 1 aliphatic rings. The highest BCUT2D eigenvalue weighted by atomic mass is 32.2. The van der Waals surface area contributed by atoms with Crippen LogP contribution < -0.4 is 5.32 Å². The molecule has 0 bridgehead atoms. The lowest BCUT2D eigenvalue weighted by molar-refractivity contribution is -0.121. The van der Waals surface area contributed by atoms with E-state index in [4.69, 9.17) is 4.52 Å². The molecule has 184 valence electrons. The Kier molecular flexibility index (Phi) is 7.79. The van der Waals surface area contributed by atoms with Crippen LogP contribution in [0.3, 0.4) is 0 Å². The molecule has 36 heavy (non-hydrogen) atoms. The molecule has 1 N–H and O–H groups in total. The number of carbonyl (C=O) groups is 1. The second-order valence-corrected chi connectivity index (χ2v) is 10.3. The topological polar surface area (TPSA) is 71.3 Å². The Labute approximate surface area is 216 Å². The molecule has 6 nitrogen and oxygen atoms in total. The van der Waals surface area contributed by atoms with Gasteiger partial charge in [0.1, 0.15) is 0 Å². The van der Waals surface area contributed by atoms with Gasteiger partial charge in [0.05, 0.1) is 6.54 Å². The third-order valence-electron chi connectivity index (χ3n) is 6.43. The van der Waals surface area contributed by atoms with Gasteiger partial charge in [0, 0.05) is 27.8 Å². The minimum Gasteiger partial charge on any atom is -0.338 e. The fraction of sp³-hybridized carbons (Fsp3) is 0.276. The Bertz CT molecular complexity index is 1280. The van der Waals surface area contributed by atoms with Crippen molar-refractivity contribution in [3.63, 3.8) is 0 Å². The van der Waals surface area contributed by atoms with E-state index in [0.717, 1.165) is 48.5 Å². The quantitative estimate of drug-likeness (QED) is 0.292. The van der Waals surface area contributed by atoms with Gasteiger partial charge in [-0.05, 0) is 68.8 Å². The van der Waals surface area contributed by atoms with Crippen LogP contribution in [0.25, 0.3) is 11.4 Å². The molecule has 4 aromatic rings. The van der Waals surface area contributed by atoms with Gasteiger partial charge in [0.2, 0.25) is 17.6 Å². The summed E-state index contributed by atoms with van der Waals surface area (Å²) in [7, 11) is 0. The van der Waals surface area contributed by atoms with Crippen LogP contribution in [0.4, 0.5) is 5.69 Å². The summed E-state index contributed by atoms with van der Waals surface area (Å²) >= 11 is 1.81. The molecule has 0 spiro atoms. The Morgan fingerprint density at radius 3 is 2.56 bits per heavy atom. The second kappa shape index (κ2) is 11.5. The number of benzene rings is 3. The molecule has 1 fully saturated rings. The molecule has 1 aromatic heterocycles. The lowest BCUT2D eigenvalue weighted by Gasteiger charge is -2.30. The molecule has 0 radical (unpaired) electrons. The maximum atomic E-state index is 12.8. The summed E-state index contributed by atoms with van der Waals surface area (Å²) in [6.45, 7) is 4.31. The number of thioether (sulfide) groups is 1. The number of aryl methyl sites for hydroxylation is 1. The number of aromatic nitrogens is 2. The minimum atomic E-state index is 0.0140. The number of amides is 1. The van der Waals surface area contributed by atoms with Crippen molar-refractivity contribution in [1.29, 1.82) is 0 Å². The van der Waals surface area contributed by atoms with Gasteiger partial charge in [0.15, 0.2) is 0 Å². The molecular weight excluding hydrogens is 468 g/mol. The number of nitrogens with zero attached hydrogens (tertiary/aromatic N) is 3. The molecule has 1 aliphatic heterocycles. The van der Waals surface area contributed by atoms with Crippen LogP contribution in [0.1, 0.15) is 29.9 Å². The van der Waals surface area contributed by atoms with E-state index in [2.05, 4.69) is 62.8 Å². The van der Waals surface area contributed by atoms with Crippen LogP contribution in [-0.2, 0) is 17.1 Å². The van der Waals surface area contributed by atoms with Gasteiger partial charge in [-0.2, -0.15) is 4.98 Å². The Morgan fingerprint density at radius 2 is 1.81 bits per heavy atom. The van der Waals surface area contributed by atoms with E-state index in [-0.39, 0.29) is 11.8 Å². The molecule has 0 atom stereocenters. The normalized spacial score (nSPS) is 14.6. The van der Waals surface area contributed by atoms with E-state index < -0.39 is 0 Å². The highest BCUT2D eigenvalue weighted by molar-refractivity contribution is 7.98. The summed E-state index contributed by atoms with van der Waals surface area (Å²) in [5, 5.41) is 7.24. The van der Waals surface area contributed by atoms with Crippen molar-refractivity contribution in [3.05, 3.63) is 95.9 Å². The van der Waals surface area contributed by atoms with Crippen molar-refractivity contribution in [3.8, 4) is 11.4 Å². The summed E-state index contributed by atoms with van der Waals surface area (Å²) in [6, 6.07) is 26.6. The summed E-state index contributed by atoms with van der Waals surface area (Å²) < 4.78 is 5.48. The summed E-state index contributed by atoms with van der Waals surface area (Å²) in [4.78, 5) is 20.9. The first kappa shape index (κ1) is 24.3. The van der Waals surface area contributed by atoms with Crippen molar-refractivity contribution >= 4 is 23.4 Å². The highest BCUT2D eigenvalue weighted by Gasteiger charge is 2.26. The fourth-order valence-electron chi connectivity index (χ4n) is 4.38.